The Morgan fingerprint density at radius 3 is 2.63 bits per heavy atom. The molecule has 0 fully saturated rings. The maximum Gasteiger partial charge on any atom is 0.250 e. The summed E-state index contributed by atoms with van der Waals surface area (Å²) in [5, 5.41) is 7.68. The van der Waals surface area contributed by atoms with Crippen LogP contribution in [0.3, 0.4) is 0 Å². The Hall–Kier alpha value is -1.75. The second kappa shape index (κ2) is 5.93. The van der Waals surface area contributed by atoms with Crippen LogP contribution in [0.5, 0.6) is 0 Å². The third-order valence-electron chi connectivity index (χ3n) is 3.18. The van der Waals surface area contributed by atoms with Crippen LogP contribution in [-0.2, 0) is 19.4 Å². The van der Waals surface area contributed by atoms with Gasteiger partial charge in [-0.2, -0.15) is 5.10 Å². The SMILES string of the molecule is CCc1cc(CC)n(-c2ncc(CNC)c(C)n2)n1. The summed E-state index contributed by atoms with van der Waals surface area (Å²) < 4.78 is 1.86. The first-order valence-corrected chi connectivity index (χ1v) is 6.74. The second-order valence-corrected chi connectivity index (χ2v) is 4.56. The summed E-state index contributed by atoms with van der Waals surface area (Å²) >= 11 is 0. The molecule has 0 unspecified atom stereocenters. The van der Waals surface area contributed by atoms with Crippen molar-refractivity contribution >= 4 is 0 Å². The molecule has 0 aliphatic rings. The van der Waals surface area contributed by atoms with Crippen LogP contribution >= 0.6 is 0 Å². The van der Waals surface area contributed by atoms with E-state index in [-0.39, 0.29) is 0 Å². The summed E-state index contributed by atoms with van der Waals surface area (Å²) in [6.07, 6.45) is 3.73. The highest BCUT2D eigenvalue weighted by atomic mass is 15.4. The van der Waals surface area contributed by atoms with Gasteiger partial charge in [0.1, 0.15) is 0 Å². The fraction of sp³-hybridized carbons (Fsp3) is 0.500. The predicted octanol–water partition coefficient (Wildman–Crippen LogP) is 1.81. The van der Waals surface area contributed by atoms with Gasteiger partial charge in [-0.05, 0) is 32.9 Å². The minimum absolute atomic E-state index is 0.661. The van der Waals surface area contributed by atoms with Crippen LogP contribution in [0.4, 0.5) is 0 Å². The third kappa shape index (κ3) is 2.81. The van der Waals surface area contributed by atoms with Crippen molar-refractivity contribution in [2.75, 3.05) is 7.05 Å². The molecule has 0 saturated heterocycles. The lowest BCUT2D eigenvalue weighted by Gasteiger charge is -2.08. The monoisotopic (exact) mass is 259 g/mol. The maximum atomic E-state index is 4.57. The fourth-order valence-corrected chi connectivity index (χ4v) is 2.02. The highest BCUT2D eigenvalue weighted by Crippen LogP contribution is 2.12. The van der Waals surface area contributed by atoms with E-state index in [2.05, 4.69) is 40.3 Å². The second-order valence-electron chi connectivity index (χ2n) is 4.56. The van der Waals surface area contributed by atoms with Crippen molar-refractivity contribution in [2.24, 2.45) is 0 Å². The Labute approximate surface area is 114 Å². The average Bonchev–Trinajstić information content (AvgIpc) is 2.84. The predicted molar refractivity (Wildman–Crippen MR) is 75.4 cm³/mol. The number of nitrogens with one attached hydrogen (secondary N) is 1. The molecule has 102 valence electrons. The van der Waals surface area contributed by atoms with Crippen molar-refractivity contribution in [1.29, 1.82) is 0 Å². The van der Waals surface area contributed by atoms with Gasteiger partial charge in [-0.3, -0.25) is 0 Å². The molecule has 0 bridgehead atoms. The summed E-state index contributed by atoms with van der Waals surface area (Å²) in [7, 11) is 1.92. The first-order valence-electron chi connectivity index (χ1n) is 6.74. The Bertz CT molecular complexity index is 559. The topological polar surface area (TPSA) is 55.6 Å². The van der Waals surface area contributed by atoms with Gasteiger partial charge in [0.05, 0.1) is 5.69 Å². The Morgan fingerprint density at radius 2 is 2.05 bits per heavy atom. The van der Waals surface area contributed by atoms with Gasteiger partial charge in [-0.15, -0.1) is 0 Å². The molecule has 1 N–H and O–H groups in total. The number of nitrogens with zero attached hydrogens (tertiary/aromatic N) is 4. The van der Waals surface area contributed by atoms with E-state index in [0.717, 1.165) is 42.0 Å². The van der Waals surface area contributed by atoms with Crippen LogP contribution in [0.15, 0.2) is 12.3 Å². The molecule has 5 nitrogen and oxygen atoms in total. The summed E-state index contributed by atoms with van der Waals surface area (Å²) in [5.74, 6) is 0.661. The molecule has 0 spiro atoms. The largest absolute Gasteiger partial charge is 0.316 e. The van der Waals surface area contributed by atoms with Gasteiger partial charge in [-0.1, -0.05) is 13.8 Å². The standard InChI is InChI=1S/C14H21N5/c1-5-12-7-13(6-2)19(18-12)14-16-9-11(8-15-4)10(3)17-14/h7,9,15H,5-6,8H2,1-4H3. The molecule has 2 aromatic heterocycles. The van der Waals surface area contributed by atoms with Gasteiger partial charge in [0.15, 0.2) is 0 Å². The van der Waals surface area contributed by atoms with E-state index in [1.54, 1.807) is 0 Å². The Balaban J connectivity index is 2.41. The number of aromatic nitrogens is 4. The van der Waals surface area contributed by atoms with Crippen LogP contribution < -0.4 is 5.32 Å². The normalized spacial score (nSPS) is 10.9. The molecule has 2 aromatic rings. The van der Waals surface area contributed by atoms with E-state index in [0.29, 0.717) is 5.95 Å². The number of aryl methyl sites for hydroxylation is 3. The number of rotatable bonds is 5. The molecule has 0 aliphatic heterocycles. The van der Waals surface area contributed by atoms with Crippen LogP contribution in [0.1, 0.15) is 36.5 Å². The van der Waals surface area contributed by atoms with Crippen molar-refractivity contribution < 1.29 is 0 Å². The van der Waals surface area contributed by atoms with Gasteiger partial charge in [0.25, 0.3) is 5.95 Å². The molecule has 2 rings (SSSR count). The molecular formula is C14H21N5. The van der Waals surface area contributed by atoms with E-state index in [4.69, 9.17) is 0 Å². The van der Waals surface area contributed by atoms with Crippen molar-refractivity contribution in [3.05, 3.63) is 34.9 Å². The number of hydrogen-bond acceptors (Lipinski definition) is 4. The molecule has 0 aliphatic carbocycles. The lowest BCUT2D eigenvalue weighted by molar-refractivity contribution is 0.728. The molecule has 2 heterocycles. The molecule has 19 heavy (non-hydrogen) atoms. The van der Waals surface area contributed by atoms with Crippen LogP contribution in [-0.4, -0.2) is 26.8 Å². The highest BCUT2D eigenvalue weighted by molar-refractivity contribution is 5.25. The summed E-state index contributed by atoms with van der Waals surface area (Å²) in [6.45, 7) is 7.02. The van der Waals surface area contributed by atoms with E-state index < -0.39 is 0 Å². The van der Waals surface area contributed by atoms with E-state index >= 15 is 0 Å². The van der Waals surface area contributed by atoms with Crippen LogP contribution in [0.25, 0.3) is 5.95 Å². The summed E-state index contributed by atoms with van der Waals surface area (Å²) in [4.78, 5) is 9.00. The molecule has 0 saturated carbocycles. The minimum atomic E-state index is 0.661. The van der Waals surface area contributed by atoms with E-state index in [1.807, 2.05) is 24.9 Å². The molecule has 0 radical (unpaired) electrons. The maximum absolute atomic E-state index is 4.57. The average molecular weight is 259 g/mol. The first kappa shape index (κ1) is 13.7. The summed E-state index contributed by atoms with van der Waals surface area (Å²) in [5.41, 5.74) is 4.34. The molecule has 5 heteroatoms. The third-order valence-corrected chi connectivity index (χ3v) is 3.18. The summed E-state index contributed by atoms with van der Waals surface area (Å²) in [6, 6.07) is 2.13. The number of hydrogen-bond donors (Lipinski definition) is 1. The van der Waals surface area contributed by atoms with Crippen molar-refractivity contribution in [3.8, 4) is 5.95 Å². The van der Waals surface area contributed by atoms with Gasteiger partial charge in [-0.25, -0.2) is 14.6 Å². The Kier molecular flexibility index (Phi) is 4.27. The Morgan fingerprint density at radius 1 is 1.26 bits per heavy atom. The van der Waals surface area contributed by atoms with Crippen LogP contribution in [0, 0.1) is 6.92 Å². The van der Waals surface area contributed by atoms with E-state index in [9.17, 15) is 0 Å². The minimum Gasteiger partial charge on any atom is -0.316 e. The van der Waals surface area contributed by atoms with Gasteiger partial charge >= 0.3 is 0 Å². The first-order chi connectivity index (χ1) is 9.19. The lowest BCUT2D eigenvalue weighted by Crippen LogP contribution is -2.12. The quantitative estimate of drug-likeness (QED) is 0.890. The van der Waals surface area contributed by atoms with Gasteiger partial charge in [0, 0.05) is 29.7 Å². The van der Waals surface area contributed by atoms with Crippen LogP contribution in [0.2, 0.25) is 0 Å². The zero-order valence-corrected chi connectivity index (χ0v) is 12.1. The van der Waals surface area contributed by atoms with Crippen molar-refractivity contribution in [2.45, 2.75) is 40.2 Å². The molecule has 0 amide bonds. The smallest absolute Gasteiger partial charge is 0.250 e. The van der Waals surface area contributed by atoms with E-state index in [1.165, 1.54) is 0 Å². The highest BCUT2D eigenvalue weighted by Gasteiger charge is 2.11. The van der Waals surface area contributed by atoms with Crippen molar-refractivity contribution in [3.63, 3.8) is 0 Å². The van der Waals surface area contributed by atoms with Gasteiger partial charge in [0.2, 0.25) is 0 Å². The molecule has 0 atom stereocenters. The molecule has 0 aromatic carbocycles. The fourth-order valence-electron chi connectivity index (χ4n) is 2.02. The van der Waals surface area contributed by atoms with Crippen molar-refractivity contribution in [1.82, 2.24) is 25.1 Å². The zero-order valence-electron chi connectivity index (χ0n) is 12.1. The lowest BCUT2D eigenvalue weighted by atomic mass is 10.2. The zero-order chi connectivity index (χ0) is 13.8. The van der Waals surface area contributed by atoms with Gasteiger partial charge < -0.3 is 5.32 Å². The molecular weight excluding hydrogens is 238 g/mol.